The first-order chi connectivity index (χ1) is 22.7. The normalized spacial score (nSPS) is 13.2. The van der Waals surface area contributed by atoms with Gasteiger partial charge in [0.2, 0.25) is 11.8 Å². The molecular weight excluding hydrogens is 623 g/mol. The van der Waals surface area contributed by atoms with Gasteiger partial charge in [-0.1, -0.05) is 12.6 Å². The fourth-order valence-electron chi connectivity index (χ4n) is 5.76. The van der Waals surface area contributed by atoms with Crippen LogP contribution in [0.4, 0.5) is 15.9 Å². The van der Waals surface area contributed by atoms with Crippen LogP contribution in [0, 0.1) is 5.82 Å². The minimum absolute atomic E-state index is 0.120. The molecule has 0 aliphatic heterocycles. The van der Waals surface area contributed by atoms with Crippen molar-refractivity contribution in [3.8, 4) is 22.7 Å². The number of carbonyl (C=O) groups excluding carboxylic acids is 1. The number of aliphatic hydroxyl groups excluding tert-OH is 1. The molecule has 13 heteroatoms. The molecule has 6 rings (SSSR count). The van der Waals surface area contributed by atoms with Crippen LogP contribution < -0.4 is 26.5 Å². The monoisotopic (exact) mass is 656 g/mol. The van der Waals surface area contributed by atoms with Crippen LogP contribution in [0.2, 0.25) is 0 Å². The Morgan fingerprint density at radius 2 is 2.02 bits per heavy atom. The second-order valence-corrected chi connectivity index (χ2v) is 12.5. The summed E-state index contributed by atoms with van der Waals surface area (Å²) in [5.41, 5.74) is 1.65. The number of aliphatic hydroxyl groups is 1. The van der Waals surface area contributed by atoms with Crippen LogP contribution in [0.5, 0.6) is 5.88 Å². The number of halogens is 1. The van der Waals surface area contributed by atoms with E-state index in [2.05, 4.69) is 27.3 Å². The summed E-state index contributed by atoms with van der Waals surface area (Å²) >= 11 is 1.46. The average molecular weight is 657 g/mol. The molecule has 3 N–H and O–H groups in total. The lowest BCUT2D eigenvalue weighted by Crippen LogP contribution is -2.35. The molecule has 0 unspecified atom stereocenters. The van der Waals surface area contributed by atoms with Gasteiger partial charge in [0.15, 0.2) is 0 Å². The number of nitrogens with zero attached hydrogens (tertiary/aromatic N) is 4. The van der Waals surface area contributed by atoms with Crippen molar-refractivity contribution in [1.82, 2.24) is 24.6 Å². The van der Waals surface area contributed by atoms with Gasteiger partial charge in [-0.25, -0.2) is 4.39 Å². The highest BCUT2D eigenvalue weighted by atomic mass is 32.1. The Hall–Kier alpha value is -5.14. The third-order valence-electron chi connectivity index (χ3n) is 8.01. The van der Waals surface area contributed by atoms with Gasteiger partial charge in [0.25, 0.3) is 11.1 Å². The highest BCUT2D eigenvalue weighted by Gasteiger charge is 2.22. The number of anilines is 2. The number of pyridine rings is 2. The highest BCUT2D eigenvalue weighted by Crippen LogP contribution is 2.35. The zero-order valence-corrected chi connectivity index (χ0v) is 26.7. The van der Waals surface area contributed by atoms with Crippen molar-refractivity contribution in [3.63, 3.8) is 0 Å². The fraction of sp³-hybridized carbons (Fsp3) is 0.265. The van der Waals surface area contributed by atoms with Gasteiger partial charge < -0.3 is 25.0 Å². The summed E-state index contributed by atoms with van der Waals surface area (Å²) in [6.07, 6.45) is 8.32. The number of fused-ring (bicyclic) bond motifs is 3. The Morgan fingerprint density at radius 3 is 2.81 bits per heavy atom. The zero-order valence-electron chi connectivity index (χ0n) is 25.9. The van der Waals surface area contributed by atoms with E-state index in [0.717, 1.165) is 35.8 Å². The van der Waals surface area contributed by atoms with E-state index in [1.54, 1.807) is 38.4 Å². The first kappa shape index (κ1) is 31.8. The Kier molecular flexibility index (Phi) is 9.01. The van der Waals surface area contributed by atoms with Crippen molar-refractivity contribution >= 4 is 38.8 Å². The Bertz CT molecular complexity index is 2140. The SMILES string of the molecule is C=CC(=O)N[C@@H](C)COc1cccc(Nc2cc(-c3cc(F)cc(-n4ncc5c6c(sc5c4=O)CCCC6)c3CO)cn(C)c2=O)n1. The van der Waals surface area contributed by atoms with E-state index in [1.807, 2.05) is 0 Å². The smallest absolute Gasteiger partial charge is 0.289 e. The van der Waals surface area contributed by atoms with Gasteiger partial charge in [0.05, 0.1) is 24.5 Å². The van der Waals surface area contributed by atoms with Crippen LogP contribution in [0.15, 0.2) is 71.0 Å². The van der Waals surface area contributed by atoms with E-state index in [0.29, 0.717) is 21.6 Å². The van der Waals surface area contributed by atoms with Crippen molar-refractivity contribution in [2.24, 2.45) is 7.05 Å². The van der Waals surface area contributed by atoms with Crippen molar-refractivity contribution in [2.75, 3.05) is 11.9 Å². The third kappa shape index (κ3) is 6.44. The number of nitrogens with one attached hydrogen (secondary N) is 2. The number of benzene rings is 1. The van der Waals surface area contributed by atoms with E-state index in [9.17, 15) is 19.5 Å². The maximum absolute atomic E-state index is 15.3. The van der Waals surface area contributed by atoms with Crippen LogP contribution in [0.25, 0.3) is 26.9 Å². The van der Waals surface area contributed by atoms with E-state index in [4.69, 9.17) is 4.74 Å². The minimum atomic E-state index is -0.639. The summed E-state index contributed by atoms with van der Waals surface area (Å²) in [6, 6.07) is 8.66. The summed E-state index contributed by atoms with van der Waals surface area (Å²) in [5.74, 6) is -0.383. The molecule has 0 radical (unpaired) electrons. The summed E-state index contributed by atoms with van der Waals surface area (Å²) in [4.78, 5) is 44.0. The molecular formula is C34H33FN6O5S. The highest BCUT2D eigenvalue weighted by molar-refractivity contribution is 7.19. The molecule has 1 aliphatic rings. The van der Waals surface area contributed by atoms with Crippen LogP contribution >= 0.6 is 11.3 Å². The van der Waals surface area contributed by atoms with Crippen LogP contribution in [-0.4, -0.2) is 43.0 Å². The fourth-order valence-corrected chi connectivity index (χ4v) is 7.05. The van der Waals surface area contributed by atoms with Crippen molar-refractivity contribution in [3.05, 3.63) is 104 Å². The van der Waals surface area contributed by atoms with E-state index in [1.165, 1.54) is 56.8 Å². The van der Waals surface area contributed by atoms with Gasteiger partial charge in [-0.15, -0.1) is 11.3 Å². The zero-order chi connectivity index (χ0) is 33.2. The molecule has 0 fully saturated rings. The number of hydrogen-bond acceptors (Lipinski definition) is 9. The van der Waals surface area contributed by atoms with Crippen LogP contribution in [-0.2, 0) is 31.3 Å². The molecule has 242 valence electrons. The quantitative estimate of drug-likeness (QED) is 0.186. The molecule has 5 aromatic rings. The topological polar surface area (TPSA) is 140 Å². The lowest BCUT2D eigenvalue weighted by Gasteiger charge is -2.17. The first-order valence-corrected chi connectivity index (χ1v) is 16.0. The number of hydrogen-bond donors (Lipinski definition) is 3. The van der Waals surface area contributed by atoms with E-state index in [-0.39, 0.29) is 52.5 Å². The maximum atomic E-state index is 15.3. The van der Waals surface area contributed by atoms with E-state index >= 15 is 4.39 Å². The van der Waals surface area contributed by atoms with Gasteiger partial charge in [-0.05, 0) is 68.0 Å². The number of aromatic nitrogens is 4. The average Bonchev–Trinajstić information content (AvgIpc) is 3.45. The lowest BCUT2D eigenvalue weighted by molar-refractivity contribution is -0.117. The Morgan fingerprint density at radius 1 is 1.21 bits per heavy atom. The standard InChI is InChI=1S/C34H33FN6O5S/c1-4-30(43)37-19(2)18-46-31-11-7-10-29(39-31)38-26-12-20(16-40(3)33(26)44)23-13-21(35)14-27(25(23)17-42)41-34(45)32-24(15-36-41)22-8-5-6-9-28(22)47-32/h4,7,10-16,19,42H,1,5-6,8-9,17-18H2,2-3H3,(H,37,43)(H,38,39)/t19-/m0/s1. The number of ether oxygens (including phenoxy) is 1. The number of amides is 1. The minimum Gasteiger partial charge on any atom is -0.475 e. The largest absolute Gasteiger partial charge is 0.475 e. The van der Waals surface area contributed by atoms with Crippen molar-refractivity contribution < 1.29 is 19.0 Å². The van der Waals surface area contributed by atoms with Gasteiger partial charge in [0.1, 0.15) is 28.6 Å². The molecule has 4 heterocycles. The van der Waals surface area contributed by atoms with Gasteiger partial charge in [-0.3, -0.25) is 14.4 Å². The molecule has 11 nitrogen and oxygen atoms in total. The molecule has 4 aromatic heterocycles. The predicted molar refractivity (Wildman–Crippen MR) is 179 cm³/mol. The number of rotatable bonds is 10. The van der Waals surface area contributed by atoms with Crippen LogP contribution in [0.1, 0.15) is 35.8 Å². The molecule has 1 atom stereocenters. The molecule has 1 amide bonds. The number of aryl methyl sites for hydroxylation is 3. The maximum Gasteiger partial charge on any atom is 0.289 e. The molecule has 47 heavy (non-hydrogen) atoms. The molecule has 0 spiro atoms. The molecule has 1 aromatic carbocycles. The Labute approximate surface area is 273 Å². The number of thiophene rings is 1. The summed E-state index contributed by atoms with van der Waals surface area (Å²) in [6.45, 7) is 4.84. The van der Waals surface area contributed by atoms with Crippen LogP contribution in [0.3, 0.4) is 0 Å². The van der Waals surface area contributed by atoms with Crippen molar-refractivity contribution in [1.29, 1.82) is 0 Å². The van der Waals surface area contributed by atoms with E-state index < -0.39 is 12.4 Å². The molecule has 0 saturated carbocycles. The van der Waals surface area contributed by atoms with Gasteiger partial charge >= 0.3 is 0 Å². The van der Waals surface area contributed by atoms with Gasteiger partial charge in [-0.2, -0.15) is 14.8 Å². The summed E-state index contributed by atoms with van der Waals surface area (Å²) < 4.78 is 24.0. The molecule has 0 saturated heterocycles. The second kappa shape index (κ2) is 13.3. The van der Waals surface area contributed by atoms with Crippen molar-refractivity contribution in [2.45, 2.75) is 45.3 Å². The molecule has 0 bridgehead atoms. The predicted octanol–water partition coefficient (Wildman–Crippen LogP) is 4.53. The summed E-state index contributed by atoms with van der Waals surface area (Å²) in [5, 5.41) is 21.5. The summed E-state index contributed by atoms with van der Waals surface area (Å²) in [7, 11) is 1.56. The Balaban J connectivity index is 1.35. The van der Waals surface area contributed by atoms with Gasteiger partial charge in [0, 0.05) is 46.8 Å². The molecule has 1 aliphatic carbocycles. The first-order valence-electron chi connectivity index (χ1n) is 15.1. The second-order valence-electron chi connectivity index (χ2n) is 11.4. The third-order valence-corrected chi connectivity index (χ3v) is 9.31. The lowest BCUT2D eigenvalue weighted by atomic mass is 9.97. The number of carbonyl (C=O) groups is 1.